The van der Waals surface area contributed by atoms with E-state index in [4.69, 9.17) is 16.2 Å². The van der Waals surface area contributed by atoms with Crippen molar-refractivity contribution in [1.82, 2.24) is 0 Å². The highest BCUT2D eigenvalue weighted by molar-refractivity contribution is 7.95. The molecule has 0 atom stereocenters. The van der Waals surface area contributed by atoms with Crippen molar-refractivity contribution in [3.8, 4) is 11.5 Å². The molecule has 366 valence electrons. The quantitative estimate of drug-likeness (QED) is 0.00738. The molecule has 0 unspecified atom stereocenters. The van der Waals surface area contributed by atoms with Crippen LogP contribution in [0.5, 0.6) is 11.5 Å². The highest BCUT2D eigenvalue weighted by Gasteiger charge is 2.30. The van der Waals surface area contributed by atoms with Crippen LogP contribution in [0.15, 0.2) is 122 Å². The third-order valence-corrected chi connectivity index (χ3v) is 12.9. The van der Waals surface area contributed by atoms with Crippen LogP contribution in [-0.4, -0.2) is 86.7 Å². The summed E-state index contributed by atoms with van der Waals surface area (Å²) >= 11 is 0.390. The second-order valence-electron chi connectivity index (χ2n) is 13.1. The van der Waals surface area contributed by atoms with Crippen LogP contribution in [0, 0.1) is 10.1 Å². The molecule has 6 rings (SSSR count). The minimum atomic E-state index is -5.63. The predicted molar refractivity (Wildman–Crippen MR) is 232 cm³/mol. The number of phenols is 2. The Morgan fingerprint density at radius 3 is 1.76 bits per heavy atom. The summed E-state index contributed by atoms with van der Waals surface area (Å²) in [7, 11) is -16.6. The zero-order valence-corrected chi connectivity index (χ0v) is 37.4. The summed E-state index contributed by atoms with van der Waals surface area (Å²) in [5.74, 6) is -5.61. The molecular formula is C34H22N8O23S5. The highest BCUT2D eigenvalue weighted by atomic mass is 32.2. The molecule has 0 amide bonds. The number of rotatable bonds is 18. The van der Waals surface area contributed by atoms with E-state index in [1.54, 1.807) is 0 Å². The lowest BCUT2D eigenvalue weighted by molar-refractivity contribution is -0.432. The fourth-order valence-electron chi connectivity index (χ4n) is 6.12. The number of nitrogen functional groups attached to an aromatic ring is 1. The molecule has 0 aliphatic rings. The first-order valence-corrected chi connectivity index (χ1v) is 23.4. The van der Waals surface area contributed by atoms with Crippen LogP contribution in [0.2, 0.25) is 0 Å². The third kappa shape index (κ3) is 11.0. The molecular weight excluding hydrogens is 1050 g/mol. The Bertz CT molecular complexity index is 3620. The first-order chi connectivity index (χ1) is 32.8. The number of benzene rings is 6. The van der Waals surface area contributed by atoms with E-state index in [0.717, 1.165) is 48.5 Å². The summed E-state index contributed by atoms with van der Waals surface area (Å²) in [6, 6.07) is 8.81. The van der Waals surface area contributed by atoms with Gasteiger partial charge in [-0.25, -0.2) is 20.1 Å². The van der Waals surface area contributed by atoms with Gasteiger partial charge in [-0.3, -0.25) is 23.8 Å². The number of nitro benzene ring substituents is 1. The lowest BCUT2D eigenvalue weighted by Crippen LogP contribution is -2.03. The van der Waals surface area contributed by atoms with E-state index < -0.39 is 156 Å². The molecule has 70 heavy (non-hydrogen) atoms. The van der Waals surface area contributed by atoms with Crippen molar-refractivity contribution in [3.05, 3.63) is 88.0 Å². The molecule has 0 saturated carbocycles. The molecule has 0 saturated heterocycles. The number of nitrogens with two attached hydrogens (primary N) is 1. The van der Waals surface area contributed by atoms with Crippen LogP contribution < -0.4 is 5.73 Å². The van der Waals surface area contributed by atoms with Crippen LogP contribution in [-0.2, 0) is 49.1 Å². The van der Waals surface area contributed by atoms with Crippen LogP contribution in [0.3, 0.4) is 0 Å². The monoisotopic (exact) mass is 1070 g/mol. The standard InChI is InChI=1S/C34H22N8O23S5/c35-27-21(11-24(68(53,54)55)18-9-23(67-65-63-52)28(31(44)26(18)27)40-37-19-3-1-15(66-64-62-51)8-22(19)42(49)50)39-38-20-4-2-16-17(32(20)70(59,60)61)10-25(69(56,57)58)29(30(16)43)41-36-14-6-12(33(45)46)5-13(7-14)34(47)48/h1-11,43-44,51-52H,35H2,(H,45,46)(H,47,48)(H,53,54,55)(H,56,57,58)(H,59,60,61). The molecule has 0 aliphatic heterocycles. The Morgan fingerprint density at radius 2 is 1.19 bits per heavy atom. The number of azo groups is 3. The normalized spacial score (nSPS) is 12.5. The van der Waals surface area contributed by atoms with Crippen molar-refractivity contribution in [2.75, 3.05) is 5.73 Å². The number of aromatic carboxylic acids is 2. The summed E-state index contributed by atoms with van der Waals surface area (Å²) in [4.78, 5) is 29.7. The number of carboxylic acids is 2. The molecule has 36 heteroatoms. The fourth-order valence-corrected chi connectivity index (χ4v) is 9.16. The number of nitro groups is 1. The number of carboxylic acid groups (broad SMARTS) is 2. The van der Waals surface area contributed by atoms with E-state index in [1.807, 2.05) is 0 Å². The lowest BCUT2D eigenvalue weighted by atomic mass is 10.0. The van der Waals surface area contributed by atoms with Gasteiger partial charge in [-0.15, -0.1) is 34.2 Å². The largest absolute Gasteiger partial charge is 0.505 e. The highest BCUT2D eigenvalue weighted by Crippen LogP contribution is 2.51. The van der Waals surface area contributed by atoms with Gasteiger partial charge in [0.1, 0.15) is 37.4 Å². The first kappa shape index (κ1) is 52.0. The van der Waals surface area contributed by atoms with Crippen LogP contribution >= 0.6 is 24.1 Å². The zero-order valence-electron chi connectivity index (χ0n) is 33.3. The molecule has 0 fully saturated rings. The first-order valence-electron chi connectivity index (χ1n) is 17.6. The van der Waals surface area contributed by atoms with Gasteiger partial charge in [-0.05, 0) is 60.7 Å². The number of carbonyl (C=O) groups is 2. The molecule has 0 spiro atoms. The number of phenolic OH excluding ortho intramolecular Hbond substituents is 2. The van der Waals surface area contributed by atoms with Crippen molar-refractivity contribution in [2.24, 2.45) is 30.7 Å². The minimum Gasteiger partial charge on any atom is -0.505 e. The Morgan fingerprint density at radius 1 is 0.614 bits per heavy atom. The smallest absolute Gasteiger partial charge is 0.335 e. The summed E-state index contributed by atoms with van der Waals surface area (Å²) in [6.45, 7) is 0. The Balaban J connectivity index is 1.56. The summed E-state index contributed by atoms with van der Waals surface area (Å²) in [6.07, 6.45) is 0. The van der Waals surface area contributed by atoms with Crippen LogP contribution in [0.1, 0.15) is 20.7 Å². The van der Waals surface area contributed by atoms with E-state index in [-0.39, 0.29) is 16.9 Å². The van der Waals surface area contributed by atoms with Gasteiger partial charge in [0.15, 0.2) is 17.2 Å². The van der Waals surface area contributed by atoms with E-state index in [9.17, 15) is 79.0 Å². The van der Waals surface area contributed by atoms with E-state index in [1.165, 1.54) is 6.07 Å². The molecule has 11 N–H and O–H groups in total. The topological polar surface area (TPSA) is 499 Å². The van der Waals surface area contributed by atoms with Crippen molar-refractivity contribution >= 4 is 133 Å². The number of anilines is 1. The van der Waals surface area contributed by atoms with Crippen LogP contribution in [0.25, 0.3) is 21.5 Å². The lowest BCUT2D eigenvalue weighted by Gasteiger charge is -2.15. The molecule has 31 nitrogen and oxygen atoms in total. The van der Waals surface area contributed by atoms with Gasteiger partial charge >= 0.3 is 11.9 Å². The van der Waals surface area contributed by atoms with E-state index in [2.05, 4.69) is 49.4 Å². The Labute approximate surface area is 395 Å². The van der Waals surface area contributed by atoms with E-state index >= 15 is 0 Å². The Kier molecular flexibility index (Phi) is 15.0. The number of hydrogen-bond donors (Lipinski definition) is 10. The molecule has 6 aromatic rings. The van der Waals surface area contributed by atoms with Gasteiger partial charge in [0.05, 0.1) is 61.8 Å². The average Bonchev–Trinajstić information content (AvgIpc) is 3.27. The van der Waals surface area contributed by atoms with Crippen molar-refractivity contribution in [3.63, 3.8) is 0 Å². The fraction of sp³-hybridized carbons (Fsp3) is 0. The average molecular weight is 1070 g/mol. The maximum atomic E-state index is 13.0. The van der Waals surface area contributed by atoms with Gasteiger partial charge in [-0.1, -0.05) is 10.1 Å². The molecule has 0 aromatic heterocycles. The SMILES string of the molecule is Nc1c(N=Nc2ccc3c(O)c(N=Nc4cc(C(=O)O)cc(C(=O)O)c4)c(S(=O)(=O)O)cc3c2S(=O)(=O)O)cc(S(=O)(=O)O)c2cc(SOOO)c(N=Nc3ccc(SOOO)cc3[N+](=O)[O-])c(O)c12. The number of aromatic hydroxyl groups is 2. The maximum Gasteiger partial charge on any atom is 0.335 e. The summed E-state index contributed by atoms with van der Waals surface area (Å²) in [5, 5.41) is 96.8. The second kappa shape index (κ2) is 20.3. The van der Waals surface area contributed by atoms with Crippen molar-refractivity contribution < 1.29 is 103 Å². The van der Waals surface area contributed by atoms with Crippen molar-refractivity contribution in [2.45, 2.75) is 24.5 Å². The number of hydrogen-bond acceptors (Lipinski definition) is 27. The molecule has 0 heterocycles. The Hall–Kier alpha value is -7.43. The third-order valence-electron chi connectivity index (χ3n) is 8.95. The zero-order chi connectivity index (χ0) is 51.6. The van der Waals surface area contributed by atoms with Gasteiger partial charge in [0.25, 0.3) is 36.0 Å². The minimum absolute atomic E-state index is 0.00917. The van der Waals surface area contributed by atoms with Gasteiger partial charge in [-0.2, -0.15) is 30.4 Å². The number of fused-ring (bicyclic) bond motifs is 2. The summed E-state index contributed by atoms with van der Waals surface area (Å²) in [5.41, 5.74) is -1.01. The van der Waals surface area contributed by atoms with Crippen molar-refractivity contribution in [1.29, 1.82) is 0 Å². The molecule has 6 aromatic carbocycles. The van der Waals surface area contributed by atoms with Crippen LogP contribution in [0.4, 0.5) is 45.5 Å². The maximum absolute atomic E-state index is 13.0. The van der Waals surface area contributed by atoms with Gasteiger partial charge in [0.2, 0.25) is 0 Å². The molecule has 0 aliphatic carbocycles. The molecule has 0 radical (unpaired) electrons. The van der Waals surface area contributed by atoms with Gasteiger partial charge in [0, 0.05) is 27.1 Å². The predicted octanol–water partition coefficient (Wildman–Crippen LogP) is 8.13. The number of nitrogens with zero attached hydrogens (tertiary/aromatic N) is 7. The van der Waals surface area contributed by atoms with E-state index in [0.29, 0.717) is 24.2 Å². The second-order valence-corrected chi connectivity index (χ2v) is 18.8. The van der Waals surface area contributed by atoms with Gasteiger partial charge < -0.3 is 26.2 Å². The molecule has 0 bridgehead atoms. The summed E-state index contributed by atoms with van der Waals surface area (Å²) < 4.78 is 116.